The van der Waals surface area contributed by atoms with Crippen molar-refractivity contribution in [2.75, 3.05) is 5.32 Å². The monoisotopic (exact) mass is 437 g/mol. The third-order valence-corrected chi connectivity index (χ3v) is 5.96. The van der Waals surface area contributed by atoms with E-state index in [4.69, 9.17) is 16.7 Å². The molecular formula is C20H24ClN3O4S. The van der Waals surface area contributed by atoms with Crippen LogP contribution in [0.1, 0.15) is 36.2 Å². The summed E-state index contributed by atoms with van der Waals surface area (Å²) in [5.74, 6) is -1.02. The molecule has 2 unspecified atom stereocenters. The highest BCUT2D eigenvalue weighted by molar-refractivity contribution is 7.89. The molecule has 2 amide bonds. The molecule has 0 aliphatic carbocycles. The van der Waals surface area contributed by atoms with Gasteiger partial charge in [0.05, 0.1) is 4.90 Å². The third-order valence-electron chi connectivity index (χ3n) is 4.65. The summed E-state index contributed by atoms with van der Waals surface area (Å²) in [4.78, 5) is 25.3. The number of rotatable bonds is 7. The Bertz CT molecular complexity index is 1010. The van der Waals surface area contributed by atoms with Gasteiger partial charge in [-0.1, -0.05) is 37.9 Å². The van der Waals surface area contributed by atoms with Gasteiger partial charge < -0.3 is 10.6 Å². The molecule has 156 valence electrons. The van der Waals surface area contributed by atoms with Crippen LogP contribution in [0, 0.1) is 12.8 Å². The Morgan fingerprint density at radius 3 is 2.31 bits per heavy atom. The second kappa shape index (κ2) is 9.39. The molecule has 9 heteroatoms. The zero-order valence-electron chi connectivity index (χ0n) is 16.4. The van der Waals surface area contributed by atoms with Gasteiger partial charge in [-0.15, -0.1) is 0 Å². The molecule has 7 nitrogen and oxygen atoms in total. The molecule has 2 aromatic carbocycles. The van der Waals surface area contributed by atoms with Gasteiger partial charge in [-0.2, -0.15) is 0 Å². The molecule has 0 radical (unpaired) electrons. The average Bonchev–Trinajstić information content (AvgIpc) is 2.66. The van der Waals surface area contributed by atoms with Gasteiger partial charge in [-0.25, -0.2) is 13.6 Å². The number of sulfonamides is 1. The minimum Gasteiger partial charge on any atom is -0.340 e. The number of carbonyl (C=O) groups excluding carboxylic acids is 2. The highest BCUT2D eigenvalue weighted by atomic mass is 35.5. The molecular weight excluding hydrogens is 414 g/mol. The minimum atomic E-state index is -3.92. The number of hydrogen-bond acceptors (Lipinski definition) is 4. The number of halogens is 1. The van der Waals surface area contributed by atoms with E-state index < -0.39 is 27.9 Å². The molecule has 0 spiro atoms. The van der Waals surface area contributed by atoms with E-state index in [9.17, 15) is 18.0 Å². The van der Waals surface area contributed by atoms with E-state index in [0.717, 1.165) is 0 Å². The summed E-state index contributed by atoms with van der Waals surface area (Å²) in [7, 11) is -3.92. The molecule has 0 aliphatic heterocycles. The van der Waals surface area contributed by atoms with Gasteiger partial charge in [-0.05, 0) is 54.8 Å². The van der Waals surface area contributed by atoms with Crippen LogP contribution in [0.4, 0.5) is 5.69 Å². The number of anilines is 1. The molecule has 0 bridgehead atoms. The number of benzene rings is 2. The Morgan fingerprint density at radius 1 is 1.14 bits per heavy atom. The second-order valence-electron chi connectivity index (χ2n) is 6.86. The molecule has 0 fully saturated rings. The molecule has 0 aromatic heterocycles. The van der Waals surface area contributed by atoms with E-state index in [1.807, 2.05) is 13.8 Å². The van der Waals surface area contributed by atoms with E-state index in [0.29, 0.717) is 22.6 Å². The Labute approximate surface area is 175 Å². The molecule has 2 atom stereocenters. The van der Waals surface area contributed by atoms with E-state index in [1.54, 1.807) is 43.3 Å². The summed E-state index contributed by atoms with van der Waals surface area (Å²) in [6.07, 6.45) is 0.648. The highest BCUT2D eigenvalue weighted by Crippen LogP contribution is 2.20. The van der Waals surface area contributed by atoms with Gasteiger partial charge in [0.25, 0.3) is 5.91 Å². The lowest BCUT2D eigenvalue weighted by Crippen LogP contribution is -2.47. The Kier molecular flexibility index (Phi) is 7.40. The van der Waals surface area contributed by atoms with Crippen molar-refractivity contribution in [1.29, 1.82) is 0 Å². The van der Waals surface area contributed by atoms with Crippen LogP contribution in [0.3, 0.4) is 0 Å². The second-order valence-corrected chi connectivity index (χ2v) is 8.82. The summed E-state index contributed by atoms with van der Waals surface area (Å²) in [5.41, 5.74) is 1.13. The minimum absolute atomic E-state index is 0.0689. The van der Waals surface area contributed by atoms with Gasteiger partial charge in [0.2, 0.25) is 15.9 Å². The van der Waals surface area contributed by atoms with Crippen molar-refractivity contribution in [2.45, 2.75) is 38.1 Å². The maximum atomic E-state index is 12.9. The van der Waals surface area contributed by atoms with Gasteiger partial charge in [0, 0.05) is 16.3 Å². The van der Waals surface area contributed by atoms with Crippen LogP contribution >= 0.6 is 11.6 Å². The van der Waals surface area contributed by atoms with Crippen LogP contribution in [-0.4, -0.2) is 26.3 Å². The van der Waals surface area contributed by atoms with Crippen molar-refractivity contribution in [3.05, 3.63) is 58.6 Å². The largest absolute Gasteiger partial charge is 0.340 e. The molecule has 0 aliphatic rings. The molecule has 4 N–H and O–H groups in total. The van der Waals surface area contributed by atoms with Crippen molar-refractivity contribution in [3.63, 3.8) is 0 Å². The molecule has 0 saturated carbocycles. The van der Waals surface area contributed by atoms with Crippen LogP contribution < -0.4 is 15.8 Å². The maximum absolute atomic E-state index is 12.9. The first-order valence-electron chi connectivity index (χ1n) is 9.03. The lowest BCUT2D eigenvalue weighted by Gasteiger charge is -2.24. The van der Waals surface area contributed by atoms with E-state index in [1.165, 1.54) is 6.07 Å². The average molecular weight is 438 g/mol. The lowest BCUT2D eigenvalue weighted by molar-refractivity contribution is -0.119. The number of amides is 2. The topological polar surface area (TPSA) is 118 Å². The third kappa shape index (κ3) is 6.03. The summed E-state index contributed by atoms with van der Waals surface area (Å²) >= 11 is 5.84. The number of aryl methyl sites for hydroxylation is 1. The number of hydrogen-bond donors (Lipinski definition) is 3. The predicted molar refractivity (Wildman–Crippen MR) is 113 cm³/mol. The molecule has 2 rings (SSSR count). The first-order chi connectivity index (χ1) is 13.5. The van der Waals surface area contributed by atoms with Crippen LogP contribution in [-0.2, 0) is 14.8 Å². The standard InChI is InChI=1S/C20H24ClN3O4S/c1-4-12(2)18(24-19(25)14-6-8-15(21)9-7-14)20(26)23-16-10-5-13(3)17(11-16)29(22,27)28/h5-12,18H,4H2,1-3H3,(H,23,26)(H,24,25)(H2,22,27,28). The van der Waals surface area contributed by atoms with Gasteiger partial charge in [0.15, 0.2) is 0 Å². The highest BCUT2D eigenvalue weighted by Gasteiger charge is 2.27. The van der Waals surface area contributed by atoms with E-state index in [-0.39, 0.29) is 16.5 Å². The van der Waals surface area contributed by atoms with Crippen molar-refractivity contribution >= 4 is 39.1 Å². The number of nitrogens with two attached hydrogens (primary N) is 1. The predicted octanol–water partition coefficient (Wildman–Crippen LogP) is 3.08. The summed E-state index contributed by atoms with van der Waals surface area (Å²) in [6.45, 7) is 5.36. The van der Waals surface area contributed by atoms with E-state index >= 15 is 0 Å². The van der Waals surface area contributed by atoms with Crippen LogP contribution in [0.15, 0.2) is 47.4 Å². The smallest absolute Gasteiger partial charge is 0.251 e. The normalized spacial score (nSPS) is 13.4. The van der Waals surface area contributed by atoms with Crippen molar-refractivity contribution in [1.82, 2.24) is 5.32 Å². The summed E-state index contributed by atoms with van der Waals surface area (Å²) in [5, 5.41) is 11.1. The first kappa shape index (κ1) is 22.9. The number of primary sulfonamides is 1. The molecule has 0 heterocycles. The fraction of sp³-hybridized carbons (Fsp3) is 0.300. The summed E-state index contributed by atoms with van der Waals surface area (Å²) in [6, 6.07) is 9.95. The van der Waals surface area contributed by atoms with Crippen LogP contribution in [0.5, 0.6) is 0 Å². The van der Waals surface area contributed by atoms with Crippen molar-refractivity contribution in [3.8, 4) is 0 Å². The molecule has 0 saturated heterocycles. The maximum Gasteiger partial charge on any atom is 0.251 e. The van der Waals surface area contributed by atoms with Crippen molar-refractivity contribution in [2.24, 2.45) is 11.1 Å². The zero-order chi connectivity index (χ0) is 21.8. The lowest BCUT2D eigenvalue weighted by atomic mass is 9.97. The Morgan fingerprint density at radius 2 is 1.76 bits per heavy atom. The van der Waals surface area contributed by atoms with Gasteiger partial charge in [0.1, 0.15) is 6.04 Å². The first-order valence-corrected chi connectivity index (χ1v) is 11.0. The summed E-state index contributed by atoms with van der Waals surface area (Å²) < 4.78 is 23.4. The fourth-order valence-electron chi connectivity index (χ4n) is 2.73. The quantitative estimate of drug-likeness (QED) is 0.616. The zero-order valence-corrected chi connectivity index (χ0v) is 18.0. The van der Waals surface area contributed by atoms with Crippen LogP contribution in [0.25, 0.3) is 0 Å². The van der Waals surface area contributed by atoms with E-state index in [2.05, 4.69) is 10.6 Å². The molecule has 2 aromatic rings. The Balaban J connectivity index is 2.23. The van der Waals surface area contributed by atoms with Gasteiger partial charge >= 0.3 is 0 Å². The molecule has 29 heavy (non-hydrogen) atoms. The van der Waals surface area contributed by atoms with Gasteiger partial charge in [-0.3, -0.25) is 9.59 Å². The fourth-order valence-corrected chi connectivity index (χ4v) is 3.67. The Hall–Kier alpha value is -2.42. The SMILES string of the molecule is CCC(C)C(NC(=O)c1ccc(Cl)cc1)C(=O)Nc1ccc(C)c(S(N)(=O)=O)c1. The van der Waals surface area contributed by atoms with Crippen LogP contribution in [0.2, 0.25) is 5.02 Å². The number of nitrogens with one attached hydrogen (secondary N) is 2. The number of carbonyl (C=O) groups is 2. The van der Waals surface area contributed by atoms with Crippen molar-refractivity contribution < 1.29 is 18.0 Å².